The molecule has 0 saturated heterocycles. The van der Waals surface area contributed by atoms with E-state index in [0.717, 1.165) is 8.95 Å². The Hall–Kier alpha value is -2.84. The molecule has 0 aromatic heterocycles. The number of anilines is 4. The highest BCUT2D eigenvalue weighted by Gasteiger charge is 2.27. The molecular weight excluding hydrogens is 588 g/mol. The van der Waals surface area contributed by atoms with Gasteiger partial charge in [-0.1, -0.05) is 31.9 Å². The summed E-state index contributed by atoms with van der Waals surface area (Å²) >= 11 is 6.87. The Labute approximate surface area is 229 Å². The molecule has 0 aliphatic rings. The molecule has 36 heavy (non-hydrogen) atoms. The van der Waals surface area contributed by atoms with E-state index in [0.29, 0.717) is 22.7 Å². The predicted octanol–water partition coefficient (Wildman–Crippen LogP) is 9.36. The van der Waals surface area contributed by atoms with E-state index < -0.39 is 23.4 Å². The van der Waals surface area contributed by atoms with Crippen molar-refractivity contribution in [3.05, 3.63) is 81.7 Å². The van der Waals surface area contributed by atoms with Crippen molar-refractivity contribution in [2.24, 2.45) is 0 Å². The number of ether oxygens (including phenoxy) is 2. The molecule has 3 aromatic carbocycles. The molecule has 0 N–H and O–H groups in total. The second-order valence-electron chi connectivity index (χ2n) is 10.1. The quantitative estimate of drug-likeness (QED) is 0.293. The van der Waals surface area contributed by atoms with E-state index in [4.69, 9.17) is 9.47 Å². The topological polar surface area (TPSA) is 59.1 Å². The molecule has 0 saturated carbocycles. The van der Waals surface area contributed by atoms with Crippen LogP contribution in [0.2, 0.25) is 0 Å². The van der Waals surface area contributed by atoms with E-state index in [-0.39, 0.29) is 0 Å². The van der Waals surface area contributed by atoms with Gasteiger partial charge in [0.1, 0.15) is 11.2 Å². The molecule has 190 valence electrons. The van der Waals surface area contributed by atoms with Gasteiger partial charge in [-0.2, -0.15) is 0 Å². The molecule has 3 rings (SSSR count). The summed E-state index contributed by atoms with van der Waals surface area (Å²) in [5, 5.41) is 0. The van der Waals surface area contributed by atoms with Crippen molar-refractivity contribution >= 4 is 66.8 Å². The van der Waals surface area contributed by atoms with Crippen LogP contribution in [-0.2, 0) is 9.47 Å². The minimum Gasteiger partial charge on any atom is -0.443 e. The van der Waals surface area contributed by atoms with E-state index in [9.17, 15) is 9.59 Å². The number of hydrogen-bond donors (Lipinski definition) is 0. The zero-order valence-electron chi connectivity index (χ0n) is 21.2. The third kappa shape index (κ3) is 7.58. The maximum absolute atomic E-state index is 13.2. The SMILES string of the molecule is CC(C)(C)OC(=O)N(c1ccc(Br)cc1)c1ccc(N(C(=O)OC(C)(C)C)c2ccc(Br)cc2)cc1. The standard InChI is InChI=1S/C28H30Br2N2O4/c1-27(2,3)35-25(33)31(21-11-7-19(29)8-12-21)23-15-17-24(18-16-23)32(26(34)36-28(4,5)6)22-13-9-20(30)10-14-22/h7-18H,1-6H3. The van der Waals surface area contributed by atoms with Crippen molar-refractivity contribution in [3.8, 4) is 0 Å². The number of carbonyl (C=O) groups excluding carboxylic acids is 2. The molecule has 6 nitrogen and oxygen atoms in total. The summed E-state index contributed by atoms with van der Waals surface area (Å²) in [6.07, 6.45) is -1.01. The second kappa shape index (κ2) is 11.0. The van der Waals surface area contributed by atoms with Crippen molar-refractivity contribution in [2.45, 2.75) is 52.7 Å². The highest BCUT2D eigenvalue weighted by molar-refractivity contribution is 9.10. The van der Waals surface area contributed by atoms with E-state index >= 15 is 0 Å². The zero-order valence-corrected chi connectivity index (χ0v) is 24.4. The van der Waals surface area contributed by atoms with Crippen LogP contribution in [0.15, 0.2) is 81.7 Å². The fraction of sp³-hybridized carbons (Fsp3) is 0.286. The number of benzene rings is 3. The first-order valence-electron chi connectivity index (χ1n) is 11.4. The van der Waals surface area contributed by atoms with Crippen LogP contribution in [0, 0.1) is 0 Å². The summed E-state index contributed by atoms with van der Waals surface area (Å²) < 4.78 is 13.1. The molecule has 0 heterocycles. The predicted molar refractivity (Wildman–Crippen MR) is 151 cm³/mol. The lowest BCUT2D eigenvalue weighted by molar-refractivity contribution is 0.0587. The average Bonchev–Trinajstić information content (AvgIpc) is 2.75. The Morgan fingerprint density at radius 3 is 0.972 bits per heavy atom. The van der Waals surface area contributed by atoms with Gasteiger partial charge in [0, 0.05) is 8.95 Å². The molecule has 8 heteroatoms. The average molecular weight is 618 g/mol. The van der Waals surface area contributed by atoms with Gasteiger partial charge in [0.2, 0.25) is 0 Å². The molecule has 0 aliphatic heterocycles. The van der Waals surface area contributed by atoms with Crippen LogP contribution in [-0.4, -0.2) is 23.4 Å². The maximum Gasteiger partial charge on any atom is 0.419 e. The number of carbonyl (C=O) groups is 2. The molecular formula is C28H30Br2N2O4. The first-order valence-corrected chi connectivity index (χ1v) is 13.0. The first kappa shape index (κ1) is 27.7. The Kier molecular flexibility index (Phi) is 8.52. The number of nitrogens with zero attached hydrogens (tertiary/aromatic N) is 2. The van der Waals surface area contributed by atoms with Gasteiger partial charge in [0.05, 0.1) is 22.7 Å². The molecule has 0 aliphatic carbocycles. The summed E-state index contributed by atoms with van der Waals surface area (Å²) in [4.78, 5) is 29.4. The summed E-state index contributed by atoms with van der Waals surface area (Å²) in [5.74, 6) is 0. The van der Waals surface area contributed by atoms with E-state index in [2.05, 4.69) is 31.9 Å². The summed E-state index contributed by atoms with van der Waals surface area (Å²) in [7, 11) is 0. The maximum atomic E-state index is 13.2. The molecule has 0 unspecified atom stereocenters. The highest BCUT2D eigenvalue weighted by atomic mass is 79.9. The van der Waals surface area contributed by atoms with Crippen LogP contribution in [0.1, 0.15) is 41.5 Å². The Morgan fingerprint density at radius 2 is 0.750 bits per heavy atom. The summed E-state index contributed by atoms with van der Waals surface area (Å²) in [6, 6.07) is 21.9. The van der Waals surface area contributed by atoms with Crippen molar-refractivity contribution in [3.63, 3.8) is 0 Å². The van der Waals surface area contributed by atoms with E-state index in [1.54, 1.807) is 24.3 Å². The van der Waals surface area contributed by atoms with Gasteiger partial charge in [-0.25, -0.2) is 19.4 Å². The summed E-state index contributed by atoms with van der Waals surface area (Å²) in [6.45, 7) is 10.9. The molecule has 0 fully saturated rings. The van der Waals surface area contributed by atoms with Crippen LogP contribution in [0.3, 0.4) is 0 Å². The first-order chi connectivity index (χ1) is 16.7. The molecule has 0 spiro atoms. The molecule has 3 aromatic rings. The summed E-state index contributed by atoms with van der Waals surface area (Å²) in [5.41, 5.74) is 1.15. The van der Waals surface area contributed by atoms with Gasteiger partial charge in [-0.15, -0.1) is 0 Å². The Morgan fingerprint density at radius 1 is 0.528 bits per heavy atom. The molecule has 0 radical (unpaired) electrons. The fourth-order valence-corrected chi connectivity index (χ4v) is 3.79. The number of hydrogen-bond acceptors (Lipinski definition) is 4. The van der Waals surface area contributed by atoms with Gasteiger partial charge in [0.15, 0.2) is 0 Å². The minimum atomic E-state index is -0.667. The van der Waals surface area contributed by atoms with Gasteiger partial charge in [-0.3, -0.25) is 0 Å². The van der Waals surface area contributed by atoms with Crippen LogP contribution in [0.25, 0.3) is 0 Å². The third-order valence-corrected chi connectivity index (χ3v) is 5.75. The zero-order chi connectivity index (χ0) is 26.7. The monoisotopic (exact) mass is 616 g/mol. The van der Waals surface area contributed by atoms with Crippen LogP contribution in [0.4, 0.5) is 32.3 Å². The Bertz CT molecular complexity index is 1100. The number of amides is 2. The smallest absolute Gasteiger partial charge is 0.419 e. The van der Waals surface area contributed by atoms with Crippen molar-refractivity contribution in [1.82, 2.24) is 0 Å². The fourth-order valence-electron chi connectivity index (χ4n) is 3.27. The second-order valence-corrected chi connectivity index (χ2v) is 11.9. The van der Waals surface area contributed by atoms with Gasteiger partial charge < -0.3 is 9.47 Å². The van der Waals surface area contributed by atoms with Crippen molar-refractivity contribution in [2.75, 3.05) is 9.80 Å². The third-order valence-electron chi connectivity index (χ3n) is 4.69. The lowest BCUT2D eigenvalue weighted by Gasteiger charge is -2.29. The Balaban J connectivity index is 2.03. The van der Waals surface area contributed by atoms with E-state index in [1.807, 2.05) is 90.1 Å². The lowest BCUT2D eigenvalue weighted by atomic mass is 10.2. The normalized spacial score (nSPS) is 11.6. The molecule has 2 amide bonds. The molecule has 0 atom stereocenters. The van der Waals surface area contributed by atoms with Crippen LogP contribution < -0.4 is 9.80 Å². The number of rotatable bonds is 4. The van der Waals surface area contributed by atoms with Crippen molar-refractivity contribution in [1.29, 1.82) is 0 Å². The minimum absolute atomic E-state index is 0.505. The van der Waals surface area contributed by atoms with Crippen molar-refractivity contribution < 1.29 is 19.1 Å². The van der Waals surface area contributed by atoms with Gasteiger partial charge >= 0.3 is 12.2 Å². The lowest BCUT2D eigenvalue weighted by Crippen LogP contribution is -2.34. The van der Waals surface area contributed by atoms with Gasteiger partial charge in [0.25, 0.3) is 0 Å². The largest absolute Gasteiger partial charge is 0.443 e. The molecule has 0 bridgehead atoms. The highest BCUT2D eigenvalue weighted by Crippen LogP contribution is 2.34. The number of halogens is 2. The van der Waals surface area contributed by atoms with E-state index in [1.165, 1.54) is 9.80 Å². The van der Waals surface area contributed by atoms with Crippen LogP contribution in [0.5, 0.6) is 0 Å². The van der Waals surface area contributed by atoms with Crippen LogP contribution >= 0.6 is 31.9 Å². The van der Waals surface area contributed by atoms with Gasteiger partial charge in [-0.05, 0) is 114 Å².